The quantitative estimate of drug-likeness (QED) is 0.465. The highest BCUT2D eigenvalue weighted by atomic mass is 35.5. The van der Waals surface area contributed by atoms with E-state index in [4.69, 9.17) is 16.9 Å². The molecule has 0 spiro atoms. The van der Waals surface area contributed by atoms with E-state index in [2.05, 4.69) is 10.2 Å². The zero-order valence-electron chi connectivity index (χ0n) is 5.06. The molecular weight excluding hydrogens is 160 g/mol. The van der Waals surface area contributed by atoms with Gasteiger partial charge >= 0.3 is 5.97 Å². The summed E-state index contributed by atoms with van der Waals surface area (Å²) in [6.45, 7) is -0.466. The van der Waals surface area contributed by atoms with Gasteiger partial charge in [0.1, 0.15) is 6.54 Å². The maximum absolute atomic E-state index is 10.4. The van der Waals surface area contributed by atoms with Gasteiger partial charge in [0.15, 0.2) is 0 Å². The van der Waals surface area contributed by atoms with Gasteiger partial charge in [-0.3, -0.25) is 9.59 Å². The summed E-state index contributed by atoms with van der Waals surface area (Å²) < 4.78 is 0. The lowest BCUT2D eigenvalue weighted by atomic mass is 10.5. The summed E-state index contributed by atoms with van der Waals surface area (Å²) in [6.07, 6.45) is 0. The van der Waals surface area contributed by atoms with Crippen molar-refractivity contribution in [3.05, 3.63) is 0 Å². The highest BCUT2D eigenvalue weighted by Crippen LogP contribution is 1.66. The molecule has 0 saturated heterocycles. The molecule has 3 N–H and O–H groups in total. The van der Waals surface area contributed by atoms with E-state index in [-0.39, 0.29) is 13.1 Å². The Morgan fingerprint density at radius 2 is 2.00 bits per heavy atom. The Morgan fingerprint density at radius 3 is 2.40 bits per heavy atom. The molecule has 0 atom stereocenters. The van der Waals surface area contributed by atoms with Crippen molar-refractivity contribution in [3.63, 3.8) is 0 Å². The van der Waals surface area contributed by atoms with Gasteiger partial charge in [-0.15, -0.1) is 0 Å². The first-order valence-electron chi connectivity index (χ1n) is 2.49. The van der Waals surface area contributed by atoms with Crippen LogP contribution in [0.3, 0.4) is 0 Å². The molecule has 0 saturated carbocycles. The van der Waals surface area contributed by atoms with E-state index in [1.807, 2.05) is 0 Å². The second kappa shape index (κ2) is 5.01. The van der Waals surface area contributed by atoms with Crippen LogP contribution in [0.1, 0.15) is 0 Å². The number of amides is 1. The van der Waals surface area contributed by atoms with Crippen LogP contribution in [0.4, 0.5) is 0 Å². The number of carboxylic acids is 1. The molecule has 0 aromatic heterocycles. The fourth-order valence-electron chi connectivity index (χ4n) is 0.297. The Hall–Kier alpha value is -0.810. The fraction of sp³-hybridized carbons (Fsp3) is 0.500. The lowest BCUT2D eigenvalue weighted by Gasteiger charge is -1.98. The molecule has 0 rings (SSSR count). The Bertz CT molecular complexity index is 138. The van der Waals surface area contributed by atoms with Gasteiger partial charge in [-0.05, 0) is 11.8 Å². The van der Waals surface area contributed by atoms with E-state index in [0.717, 1.165) is 0 Å². The topological polar surface area (TPSA) is 78.4 Å². The molecule has 5 nitrogen and oxygen atoms in total. The third-order valence-electron chi connectivity index (χ3n) is 0.664. The van der Waals surface area contributed by atoms with E-state index in [9.17, 15) is 9.59 Å². The van der Waals surface area contributed by atoms with Crippen LogP contribution < -0.4 is 10.2 Å². The molecule has 0 bridgehead atoms. The molecule has 58 valence electrons. The van der Waals surface area contributed by atoms with Crippen LogP contribution in [0.25, 0.3) is 0 Å². The Kier molecular flexibility index (Phi) is 4.61. The second-order valence-corrected chi connectivity index (χ2v) is 1.75. The van der Waals surface area contributed by atoms with Crippen molar-refractivity contribution < 1.29 is 14.7 Å². The molecule has 10 heavy (non-hydrogen) atoms. The Balaban J connectivity index is 3.30. The molecule has 0 fully saturated rings. The third-order valence-corrected chi connectivity index (χ3v) is 0.798. The second-order valence-electron chi connectivity index (χ2n) is 1.48. The number of hydrogen-bond donors (Lipinski definition) is 3. The Morgan fingerprint density at radius 1 is 1.40 bits per heavy atom. The first-order valence-corrected chi connectivity index (χ1v) is 2.86. The van der Waals surface area contributed by atoms with Crippen molar-refractivity contribution in [1.82, 2.24) is 10.2 Å². The summed E-state index contributed by atoms with van der Waals surface area (Å²) in [4.78, 5) is 22.3. The molecule has 0 heterocycles. The number of rotatable bonds is 4. The van der Waals surface area contributed by atoms with Crippen molar-refractivity contribution in [2.45, 2.75) is 0 Å². The molecule has 0 aliphatic heterocycles. The molecule has 0 aromatic rings. The molecule has 6 heteroatoms. The minimum Gasteiger partial charge on any atom is -0.480 e. The van der Waals surface area contributed by atoms with Crippen LogP contribution in [-0.2, 0) is 9.59 Å². The van der Waals surface area contributed by atoms with Crippen molar-refractivity contribution in [2.75, 3.05) is 13.1 Å². The normalized spacial score (nSPS) is 8.90. The first kappa shape index (κ1) is 9.19. The van der Waals surface area contributed by atoms with Gasteiger partial charge in [0.25, 0.3) is 0 Å². The minimum absolute atomic E-state index is 0.0885. The van der Waals surface area contributed by atoms with Gasteiger partial charge in [0.05, 0.1) is 6.54 Å². The van der Waals surface area contributed by atoms with E-state index < -0.39 is 11.9 Å². The van der Waals surface area contributed by atoms with Crippen LogP contribution in [0, 0.1) is 0 Å². The first-order chi connectivity index (χ1) is 4.66. The number of carbonyl (C=O) groups excluding carboxylic acids is 1. The fourth-order valence-corrected chi connectivity index (χ4v) is 0.419. The van der Waals surface area contributed by atoms with Crippen LogP contribution in [0.5, 0.6) is 0 Å². The lowest BCUT2D eigenvalue weighted by Crippen LogP contribution is -2.34. The highest BCUT2D eigenvalue weighted by molar-refractivity contribution is 6.14. The number of aliphatic carboxylic acids is 1. The van der Waals surface area contributed by atoms with E-state index in [1.165, 1.54) is 0 Å². The summed E-state index contributed by atoms with van der Waals surface area (Å²) >= 11 is 4.95. The average Bonchev–Trinajstić information content (AvgIpc) is 1.85. The zero-order valence-corrected chi connectivity index (χ0v) is 5.81. The predicted molar refractivity (Wildman–Crippen MR) is 34.5 cm³/mol. The van der Waals surface area contributed by atoms with Crippen LogP contribution in [-0.4, -0.2) is 30.1 Å². The summed E-state index contributed by atoms with van der Waals surface area (Å²) in [5, 5.41) is 10.2. The van der Waals surface area contributed by atoms with Crippen LogP contribution in [0.15, 0.2) is 0 Å². The molecule has 1 amide bonds. The smallest absolute Gasteiger partial charge is 0.322 e. The molecule has 0 radical (unpaired) electrons. The van der Waals surface area contributed by atoms with E-state index >= 15 is 0 Å². The van der Waals surface area contributed by atoms with Gasteiger partial charge in [-0.2, -0.15) is 0 Å². The van der Waals surface area contributed by atoms with Crippen molar-refractivity contribution in [3.8, 4) is 0 Å². The average molecular weight is 167 g/mol. The largest absolute Gasteiger partial charge is 0.480 e. The molecule has 0 aliphatic rings. The van der Waals surface area contributed by atoms with Crippen LogP contribution >= 0.6 is 11.8 Å². The monoisotopic (exact) mass is 166 g/mol. The zero-order chi connectivity index (χ0) is 7.98. The van der Waals surface area contributed by atoms with Gasteiger partial charge in [0, 0.05) is 0 Å². The van der Waals surface area contributed by atoms with Gasteiger partial charge < -0.3 is 10.4 Å². The van der Waals surface area contributed by atoms with Gasteiger partial charge in [-0.1, -0.05) is 0 Å². The number of carboxylic acid groups (broad SMARTS) is 1. The molecular formula is C4H7ClN2O3. The SMILES string of the molecule is O=C(O)CNC(=O)CNCl. The number of carbonyl (C=O) groups is 2. The maximum atomic E-state index is 10.4. The lowest BCUT2D eigenvalue weighted by molar-refractivity contribution is -0.137. The van der Waals surface area contributed by atoms with Crippen molar-refractivity contribution in [1.29, 1.82) is 0 Å². The number of halogens is 1. The summed E-state index contributed by atoms with van der Waals surface area (Å²) in [5.41, 5.74) is 0. The highest BCUT2D eigenvalue weighted by Gasteiger charge is 2.00. The standard InChI is InChI=1S/C4H7ClN2O3/c5-7-1-3(8)6-2-4(9)10/h7H,1-2H2,(H,6,8)(H,9,10). The molecule has 0 aromatic carbocycles. The maximum Gasteiger partial charge on any atom is 0.322 e. The predicted octanol–water partition coefficient (Wildman–Crippen LogP) is -1.07. The third kappa shape index (κ3) is 5.33. The minimum atomic E-state index is -1.08. The summed E-state index contributed by atoms with van der Waals surface area (Å²) in [6, 6.07) is 0. The van der Waals surface area contributed by atoms with Crippen LogP contribution in [0.2, 0.25) is 0 Å². The Labute approximate surface area is 62.5 Å². The summed E-state index contributed by atoms with van der Waals surface area (Å²) in [5.74, 6) is -1.53. The molecule has 0 aliphatic carbocycles. The molecule has 0 unspecified atom stereocenters. The van der Waals surface area contributed by atoms with E-state index in [1.54, 1.807) is 0 Å². The number of nitrogens with one attached hydrogen (secondary N) is 2. The summed E-state index contributed by atoms with van der Waals surface area (Å²) in [7, 11) is 0. The number of hydrogen-bond acceptors (Lipinski definition) is 3. The van der Waals surface area contributed by atoms with Crippen molar-refractivity contribution >= 4 is 23.7 Å². The van der Waals surface area contributed by atoms with Crippen molar-refractivity contribution in [2.24, 2.45) is 0 Å². The van der Waals surface area contributed by atoms with Gasteiger partial charge in [-0.25, -0.2) is 4.84 Å². The van der Waals surface area contributed by atoms with E-state index in [0.29, 0.717) is 0 Å². The van der Waals surface area contributed by atoms with Gasteiger partial charge in [0.2, 0.25) is 5.91 Å².